The first kappa shape index (κ1) is 14.2. The Morgan fingerprint density at radius 2 is 2.18 bits per heavy atom. The van der Waals surface area contributed by atoms with Crippen LogP contribution in [-0.2, 0) is 4.79 Å². The summed E-state index contributed by atoms with van der Waals surface area (Å²) in [5.74, 6) is -0.0239. The first-order chi connectivity index (χ1) is 7.92. The molecule has 0 saturated carbocycles. The van der Waals surface area contributed by atoms with E-state index in [0.717, 1.165) is 22.1 Å². The average Bonchev–Trinajstić information content (AvgIpc) is 2.32. The van der Waals surface area contributed by atoms with Gasteiger partial charge in [0.15, 0.2) is 0 Å². The van der Waals surface area contributed by atoms with Crippen LogP contribution in [-0.4, -0.2) is 12.5 Å². The van der Waals surface area contributed by atoms with Crippen LogP contribution in [0.1, 0.15) is 25.8 Å². The van der Waals surface area contributed by atoms with Crippen molar-refractivity contribution in [1.82, 2.24) is 0 Å². The number of anilines is 1. The molecule has 1 amide bonds. The fourth-order valence-corrected chi connectivity index (χ4v) is 1.65. The van der Waals surface area contributed by atoms with Crippen molar-refractivity contribution in [1.29, 1.82) is 0 Å². The molecular weight excluding hydrogens is 280 g/mol. The van der Waals surface area contributed by atoms with Crippen molar-refractivity contribution in [2.45, 2.75) is 27.2 Å². The first-order valence-electron chi connectivity index (χ1n) is 5.70. The zero-order chi connectivity index (χ0) is 13.1. The molecule has 0 aliphatic rings. The Morgan fingerprint density at radius 1 is 1.53 bits per heavy atom. The molecule has 0 radical (unpaired) electrons. The molecule has 1 unspecified atom stereocenters. The Labute approximate surface area is 111 Å². The third kappa shape index (κ3) is 3.30. The second-order valence-electron chi connectivity index (χ2n) is 4.54. The second kappa shape index (κ2) is 5.65. The molecular formula is C13H19BrN2O. The van der Waals surface area contributed by atoms with Gasteiger partial charge in [-0.15, -0.1) is 0 Å². The van der Waals surface area contributed by atoms with Crippen LogP contribution in [0.4, 0.5) is 5.69 Å². The third-order valence-electron chi connectivity index (χ3n) is 3.19. The fourth-order valence-electron chi connectivity index (χ4n) is 1.40. The minimum absolute atomic E-state index is 0.0239. The van der Waals surface area contributed by atoms with E-state index in [-0.39, 0.29) is 5.91 Å². The van der Waals surface area contributed by atoms with Crippen LogP contribution in [0, 0.1) is 12.3 Å². The highest BCUT2D eigenvalue weighted by molar-refractivity contribution is 9.10. The van der Waals surface area contributed by atoms with Gasteiger partial charge in [-0.2, -0.15) is 0 Å². The summed E-state index contributed by atoms with van der Waals surface area (Å²) in [5, 5.41) is 2.91. The van der Waals surface area contributed by atoms with Gasteiger partial charge in [-0.25, -0.2) is 0 Å². The number of hydrogen-bond donors (Lipinski definition) is 2. The molecule has 0 fully saturated rings. The maximum atomic E-state index is 12.1. The van der Waals surface area contributed by atoms with E-state index in [0.29, 0.717) is 6.54 Å². The molecule has 1 aromatic carbocycles. The standard InChI is InChI=1S/C13H19BrN2O/c1-4-13(3,8-15)12(17)16-10-5-6-11(14)9(2)7-10/h5-7H,4,8,15H2,1-3H3,(H,16,17). The third-order valence-corrected chi connectivity index (χ3v) is 4.08. The summed E-state index contributed by atoms with van der Waals surface area (Å²) in [6.07, 6.45) is 0.727. The molecule has 3 N–H and O–H groups in total. The predicted molar refractivity (Wildman–Crippen MR) is 75.0 cm³/mol. The van der Waals surface area contributed by atoms with Crippen LogP contribution in [0.25, 0.3) is 0 Å². The summed E-state index contributed by atoms with van der Waals surface area (Å²) in [7, 11) is 0. The van der Waals surface area contributed by atoms with Crippen LogP contribution in [0.15, 0.2) is 22.7 Å². The number of carbonyl (C=O) groups is 1. The largest absolute Gasteiger partial charge is 0.329 e. The van der Waals surface area contributed by atoms with Crippen molar-refractivity contribution in [3.63, 3.8) is 0 Å². The molecule has 0 aliphatic heterocycles. The smallest absolute Gasteiger partial charge is 0.231 e. The number of benzene rings is 1. The summed E-state index contributed by atoms with van der Waals surface area (Å²) in [4.78, 5) is 12.1. The van der Waals surface area contributed by atoms with Crippen molar-refractivity contribution in [2.24, 2.45) is 11.1 Å². The number of rotatable bonds is 4. The lowest BCUT2D eigenvalue weighted by molar-refractivity contribution is -0.124. The molecule has 0 saturated heterocycles. The van der Waals surface area contributed by atoms with Gasteiger partial charge in [-0.1, -0.05) is 22.9 Å². The van der Waals surface area contributed by atoms with Crippen molar-refractivity contribution >= 4 is 27.5 Å². The molecule has 0 spiro atoms. The molecule has 0 aliphatic carbocycles. The van der Waals surface area contributed by atoms with E-state index in [1.165, 1.54) is 0 Å². The Balaban J connectivity index is 2.84. The maximum Gasteiger partial charge on any atom is 0.231 e. The van der Waals surface area contributed by atoms with E-state index >= 15 is 0 Å². The number of nitrogens with two attached hydrogens (primary N) is 1. The van der Waals surface area contributed by atoms with Crippen LogP contribution in [0.2, 0.25) is 0 Å². The molecule has 1 atom stereocenters. The number of carbonyl (C=O) groups excluding carboxylic acids is 1. The van der Waals surface area contributed by atoms with Gasteiger partial charge < -0.3 is 11.1 Å². The molecule has 0 heterocycles. The molecule has 1 rings (SSSR count). The number of aryl methyl sites for hydroxylation is 1. The van der Waals surface area contributed by atoms with Gasteiger partial charge in [-0.05, 0) is 44.0 Å². The fraction of sp³-hybridized carbons (Fsp3) is 0.462. The van der Waals surface area contributed by atoms with Gasteiger partial charge in [0.05, 0.1) is 5.41 Å². The highest BCUT2D eigenvalue weighted by Crippen LogP contribution is 2.24. The van der Waals surface area contributed by atoms with Crippen molar-refractivity contribution in [3.8, 4) is 0 Å². The Kier molecular flexibility index (Phi) is 4.71. The van der Waals surface area contributed by atoms with Crippen LogP contribution < -0.4 is 11.1 Å². The highest BCUT2D eigenvalue weighted by Gasteiger charge is 2.29. The summed E-state index contributed by atoms with van der Waals surface area (Å²) in [6.45, 7) is 6.19. The molecule has 0 aromatic heterocycles. The van der Waals surface area contributed by atoms with Gasteiger partial charge in [0, 0.05) is 16.7 Å². The topological polar surface area (TPSA) is 55.1 Å². The lowest BCUT2D eigenvalue weighted by atomic mass is 9.86. The molecule has 3 nitrogen and oxygen atoms in total. The van der Waals surface area contributed by atoms with Crippen LogP contribution >= 0.6 is 15.9 Å². The normalized spacial score (nSPS) is 14.2. The van der Waals surface area contributed by atoms with E-state index < -0.39 is 5.41 Å². The maximum absolute atomic E-state index is 12.1. The Morgan fingerprint density at radius 3 is 2.65 bits per heavy atom. The monoisotopic (exact) mass is 298 g/mol. The zero-order valence-electron chi connectivity index (χ0n) is 10.5. The van der Waals surface area contributed by atoms with E-state index in [9.17, 15) is 4.79 Å². The number of nitrogens with one attached hydrogen (secondary N) is 1. The highest BCUT2D eigenvalue weighted by atomic mass is 79.9. The second-order valence-corrected chi connectivity index (χ2v) is 5.39. The quantitative estimate of drug-likeness (QED) is 0.897. The van der Waals surface area contributed by atoms with E-state index in [4.69, 9.17) is 5.73 Å². The lowest BCUT2D eigenvalue weighted by Crippen LogP contribution is -2.39. The van der Waals surface area contributed by atoms with E-state index in [2.05, 4.69) is 21.2 Å². The first-order valence-corrected chi connectivity index (χ1v) is 6.50. The summed E-state index contributed by atoms with van der Waals surface area (Å²) in [6, 6.07) is 5.74. The lowest BCUT2D eigenvalue weighted by Gasteiger charge is -2.25. The molecule has 1 aromatic rings. The van der Waals surface area contributed by atoms with Gasteiger partial charge in [0.25, 0.3) is 0 Å². The molecule has 0 bridgehead atoms. The SMILES string of the molecule is CCC(C)(CN)C(=O)Nc1ccc(Br)c(C)c1. The summed E-state index contributed by atoms with van der Waals surface area (Å²) < 4.78 is 1.03. The molecule has 4 heteroatoms. The minimum Gasteiger partial charge on any atom is -0.329 e. The molecule has 17 heavy (non-hydrogen) atoms. The van der Waals surface area contributed by atoms with Gasteiger partial charge in [0.1, 0.15) is 0 Å². The average molecular weight is 299 g/mol. The minimum atomic E-state index is -0.499. The zero-order valence-corrected chi connectivity index (χ0v) is 12.1. The van der Waals surface area contributed by atoms with Crippen molar-refractivity contribution in [2.75, 3.05) is 11.9 Å². The van der Waals surface area contributed by atoms with Crippen LogP contribution in [0.3, 0.4) is 0 Å². The summed E-state index contributed by atoms with van der Waals surface area (Å²) in [5.41, 5.74) is 7.06. The van der Waals surface area contributed by atoms with Gasteiger partial charge in [-0.3, -0.25) is 4.79 Å². The Hall–Kier alpha value is -0.870. The summed E-state index contributed by atoms with van der Waals surface area (Å²) >= 11 is 3.43. The van der Waals surface area contributed by atoms with E-state index in [1.807, 2.05) is 39.0 Å². The van der Waals surface area contributed by atoms with Crippen LogP contribution in [0.5, 0.6) is 0 Å². The van der Waals surface area contributed by atoms with Crippen molar-refractivity contribution in [3.05, 3.63) is 28.2 Å². The van der Waals surface area contributed by atoms with Crippen molar-refractivity contribution < 1.29 is 4.79 Å². The van der Waals surface area contributed by atoms with Gasteiger partial charge >= 0.3 is 0 Å². The number of amides is 1. The molecule has 94 valence electrons. The predicted octanol–water partition coefficient (Wildman–Crippen LogP) is 3.07. The Bertz CT molecular complexity index is 414. The number of hydrogen-bond acceptors (Lipinski definition) is 2. The number of halogens is 1. The van der Waals surface area contributed by atoms with E-state index in [1.54, 1.807) is 0 Å². The van der Waals surface area contributed by atoms with Gasteiger partial charge in [0.2, 0.25) is 5.91 Å².